The number of nitrogens with zero attached hydrogens (tertiary/aromatic N) is 7. The molecule has 0 bridgehead atoms. The number of methoxy groups -OCH3 is 3. The topological polar surface area (TPSA) is 203 Å². The van der Waals surface area contributed by atoms with E-state index < -0.39 is 16.9 Å². The third-order valence-corrected chi connectivity index (χ3v) is 12.8. The van der Waals surface area contributed by atoms with E-state index in [1.807, 2.05) is 30.3 Å². The van der Waals surface area contributed by atoms with E-state index in [-0.39, 0.29) is 29.2 Å². The summed E-state index contributed by atoms with van der Waals surface area (Å²) < 4.78 is 27.3. The van der Waals surface area contributed by atoms with Crippen LogP contribution in [0.3, 0.4) is 0 Å². The summed E-state index contributed by atoms with van der Waals surface area (Å²) in [6.45, 7) is 12.6. The van der Waals surface area contributed by atoms with Gasteiger partial charge in [0, 0.05) is 73.8 Å². The van der Waals surface area contributed by atoms with Crippen LogP contribution in [0.25, 0.3) is 45.6 Å². The molecule has 1 N–H and O–H groups in total. The molecule has 73 heavy (non-hydrogen) atoms. The number of halogens is 2. The number of rotatable bonds is 27. The van der Waals surface area contributed by atoms with Crippen molar-refractivity contribution in [2.75, 3.05) is 34.5 Å². The summed E-state index contributed by atoms with van der Waals surface area (Å²) in [5, 5.41) is 0.906. The van der Waals surface area contributed by atoms with Gasteiger partial charge in [-0.15, -0.1) is 0 Å². The lowest BCUT2D eigenvalue weighted by Gasteiger charge is -2.21. The smallest absolute Gasteiger partial charge is 0.348 e. The van der Waals surface area contributed by atoms with Crippen molar-refractivity contribution < 1.29 is 33.3 Å². The van der Waals surface area contributed by atoms with E-state index in [0.29, 0.717) is 94.6 Å². The minimum atomic E-state index is -0.842. The summed E-state index contributed by atoms with van der Waals surface area (Å²) in [7, 11) is 4.55. The van der Waals surface area contributed by atoms with Crippen LogP contribution in [0.2, 0.25) is 10.0 Å². The standard InChI is InChI=1S/C28H35ClN4O4.C27H33ClN4O4/c1-6-7-8-9-16-37-24-15-12-20(18-30-24)25-31-26(33-27(32-25)35-4)21-17-19(10-13-22(21)29)11-14-23(34)28(2,3)36-5;1-5-6-7-8-15-36-23-14-11-19(17-29-23)24-30-25(32-26(34)31-24)20-16-18(9-12-21(20)28)10-13-22(33)27(2,3)35-4/h10,12-13,15,17-18H,6-9,11,14,16H2,1-5H3;9,11-12,14,16-17H,5-8,10,13,15H2,1-4H3,(H,30,31,32,34). The van der Waals surface area contributed by atoms with Crippen LogP contribution in [-0.4, -0.2) is 97.2 Å². The van der Waals surface area contributed by atoms with Gasteiger partial charge in [0.25, 0.3) is 0 Å². The molecule has 0 fully saturated rings. The number of pyridine rings is 2. The number of nitrogens with one attached hydrogen (secondary N) is 1. The Balaban J connectivity index is 0.000000271. The molecule has 6 aromatic rings. The lowest BCUT2D eigenvalue weighted by molar-refractivity contribution is -0.137. The fourth-order valence-corrected chi connectivity index (χ4v) is 7.51. The number of unbranched alkanes of at least 4 members (excludes halogenated alkanes) is 6. The molecule has 0 amide bonds. The van der Waals surface area contributed by atoms with Crippen LogP contribution in [0.4, 0.5) is 0 Å². The van der Waals surface area contributed by atoms with Gasteiger partial charge < -0.3 is 23.7 Å². The van der Waals surface area contributed by atoms with Crippen LogP contribution >= 0.6 is 23.2 Å². The minimum absolute atomic E-state index is 0.000107. The van der Waals surface area contributed by atoms with Gasteiger partial charge in [-0.25, -0.2) is 24.7 Å². The number of hydrogen-bond donors (Lipinski definition) is 1. The first kappa shape index (κ1) is 57.7. The maximum absolute atomic E-state index is 12.5. The van der Waals surface area contributed by atoms with E-state index in [9.17, 15) is 14.4 Å². The largest absolute Gasteiger partial charge is 0.478 e. The first-order valence-corrected chi connectivity index (χ1v) is 25.5. The van der Waals surface area contributed by atoms with E-state index in [2.05, 4.69) is 53.7 Å². The average molecular weight is 1040 g/mol. The van der Waals surface area contributed by atoms with Gasteiger partial charge in [0.2, 0.25) is 11.8 Å². The zero-order valence-electron chi connectivity index (χ0n) is 43.5. The quantitative estimate of drug-likeness (QED) is 0.0477. The van der Waals surface area contributed by atoms with Crippen LogP contribution in [0.1, 0.15) is 117 Å². The average Bonchev–Trinajstić information content (AvgIpc) is 3.40. The number of ether oxygens (including phenoxy) is 5. The lowest BCUT2D eigenvalue weighted by Crippen LogP contribution is -2.33. The van der Waals surface area contributed by atoms with Crippen molar-refractivity contribution in [3.63, 3.8) is 0 Å². The molecule has 6 rings (SSSR count). The van der Waals surface area contributed by atoms with E-state index in [0.717, 1.165) is 36.8 Å². The SMILES string of the molecule is CCCCCCOc1ccc(-c2nc(-c3cc(CCC(=O)C(C)(C)OC)ccc3Cl)[nH]c(=O)n2)cn1.CCCCCCOc1ccc(-c2nc(OC)nc(-c3cc(CCC(=O)C(C)(C)OC)ccc3Cl)n2)cn1. The highest BCUT2D eigenvalue weighted by molar-refractivity contribution is 6.33. The predicted molar refractivity (Wildman–Crippen MR) is 284 cm³/mol. The number of Topliss-reactive ketones (excluding diaryl/α,β-unsaturated/α-hetero) is 2. The number of ketones is 2. The molecule has 4 aromatic heterocycles. The van der Waals surface area contributed by atoms with Gasteiger partial charge in [0.15, 0.2) is 29.0 Å². The Kier molecular flexibility index (Phi) is 22.4. The molecule has 0 aliphatic carbocycles. The minimum Gasteiger partial charge on any atom is -0.478 e. The molecule has 0 aliphatic rings. The summed E-state index contributed by atoms with van der Waals surface area (Å²) in [6, 6.07) is 18.3. The first-order chi connectivity index (χ1) is 35.0. The molecular weight excluding hydrogens is 972 g/mol. The number of aromatic nitrogens is 8. The highest BCUT2D eigenvalue weighted by atomic mass is 35.5. The second kappa shape index (κ2) is 28.3. The third kappa shape index (κ3) is 17.5. The number of hydrogen-bond acceptors (Lipinski definition) is 15. The van der Waals surface area contributed by atoms with Gasteiger partial charge in [-0.2, -0.15) is 15.0 Å². The van der Waals surface area contributed by atoms with E-state index in [4.69, 9.17) is 46.9 Å². The Morgan fingerprint density at radius 3 is 1.52 bits per heavy atom. The third-order valence-electron chi connectivity index (χ3n) is 12.1. The van der Waals surface area contributed by atoms with E-state index >= 15 is 0 Å². The Bertz CT molecular complexity index is 2790. The maximum Gasteiger partial charge on any atom is 0.348 e. The Morgan fingerprint density at radius 1 is 0.575 bits per heavy atom. The molecule has 0 aliphatic heterocycles. The molecule has 0 saturated heterocycles. The maximum atomic E-state index is 12.5. The fraction of sp³-hybridized carbons (Fsp3) is 0.455. The van der Waals surface area contributed by atoms with Crippen LogP contribution < -0.4 is 19.9 Å². The van der Waals surface area contributed by atoms with E-state index in [1.54, 1.807) is 70.4 Å². The summed E-state index contributed by atoms with van der Waals surface area (Å²) in [5.74, 6) is 2.39. The highest BCUT2D eigenvalue weighted by Crippen LogP contribution is 2.31. The lowest BCUT2D eigenvalue weighted by atomic mass is 9.96. The Morgan fingerprint density at radius 2 is 1.05 bits per heavy atom. The summed E-state index contributed by atoms with van der Waals surface area (Å²) in [6.07, 6.45) is 14.0. The molecule has 0 unspecified atom stereocenters. The summed E-state index contributed by atoms with van der Waals surface area (Å²) in [5.41, 5.74) is 2.06. The van der Waals surface area contributed by atoms with Crippen molar-refractivity contribution in [1.82, 2.24) is 39.9 Å². The van der Waals surface area contributed by atoms with Crippen LogP contribution in [0.5, 0.6) is 17.8 Å². The van der Waals surface area contributed by atoms with Crippen molar-refractivity contribution in [2.24, 2.45) is 0 Å². The summed E-state index contributed by atoms with van der Waals surface area (Å²) >= 11 is 13.0. The predicted octanol–water partition coefficient (Wildman–Crippen LogP) is 11.6. The molecule has 18 heteroatoms. The number of aromatic amines is 1. The van der Waals surface area contributed by atoms with Gasteiger partial charge in [0.05, 0.1) is 30.4 Å². The molecule has 0 radical (unpaired) electrons. The molecule has 0 atom stereocenters. The second-order valence-electron chi connectivity index (χ2n) is 18.3. The van der Waals surface area contributed by atoms with Gasteiger partial charge >= 0.3 is 11.7 Å². The number of H-pyrrole nitrogens is 1. The fourth-order valence-electron chi connectivity index (χ4n) is 7.10. The molecule has 0 saturated carbocycles. The van der Waals surface area contributed by atoms with Crippen molar-refractivity contribution in [3.8, 4) is 63.3 Å². The van der Waals surface area contributed by atoms with Crippen molar-refractivity contribution >= 4 is 34.8 Å². The van der Waals surface area contributed by atoms with Gasteiger partial charge in [0.1, 0.15) is 17.0 Å². The van der Waals surface area contributed by atoms with E-state index in [1.165, 1.54) is 47.0 Å². The van der Waals surface area contributed by atoms with Crippen molar-refractivity contribution in [1.29, 1.82) is 0 Å². The number of carbonyl (C=O) groups excluding carboxylic acids is 2. The van der Waals surface area contributed by atoms with Gasteiger partial charge in [-0.1, -0.05) is 87.7 Å². The Labute approximate surface area is 438 Å². The normalized spacial score (nSPS) is 11.4. The molecule has 4 heterocycles. The molecule has 2 aromatic carbocycles. The highest BCUT2D eigenvalue weighted by Gasteiger charge is 2.27. The first-order valence-electron chi connectivity index (χ1n) is 24.7. The van der Waals surface area contributed by atoms with Crippen molar-refractivity contribution in [3.05, 3.63) is 105 Å². The number of benzene rings is 2. The molecular formula is C55H68Cl2N8O8. The Hall–Kier alpha value is -6.20. The van der Waals surface area contributed by atoms with Gasteiger partial charge in [-0.05, 0) is 101 Å². The van der Waals surface area contributed by atoms with Crippen molar-refractivity contribution in [2.45, 2.75) is 130 Å². The van der Waals surface area contributed by atoms with Gasteiger partial charge in [-0.3, -0.25) is 14.6 Å². The number of aryl methyl sites for hydroxylation is 2. The monoisotopic (exact) mass is 1040 g/mol. The molecule has 390 valence electrons. The van der Waals surface area contributed by atoms with Crippen LogP contribution in [-0.2, 0) is 31.9 Å². The molecule has 16 nitrogen and oxygen atoms in total. The van der Waals surface area contributed by atoms with Crippen LogP contribution in [0, 0.1) is 0 Å². The summed E-state index contributed by atoms with van der Waals surface area (Å²) in [4.78, 5) is 70.6. The number of carbonyl (C=O) groups is 2. The van der Waals surface area contributed by atoms with Crippen LogP contribution in [0.15, 0.2) is 77.9 Å². The zero-order valence-corrected chi connectivity index (χ0v) is 45.0. The second-order valence-corrected chi connectivity index (χ2v) is 19.1. The molecule has 0 spiro atoms. The zero-order chi connectivity index (χ0) is 53.0.